The van der Waals surface area contributed by atoms with Gasteiger partial charge in [0.25, 0.3) is 0 Å². The fourth-order valence-corrected chi connectivity index (χ4v) is 3.17. The summed E-state index contributed by atoms with van der Waals surface area (Å²) in [6.07, 6.45) is 2.12. The fraction of sp³-hybridized carbons (Fsp3) is 0.727. The van der Waals surface area contributed by atoms with E-state index in [1.165, 1.54) is 18.4 Å². The van der Waals surface area contributed by atoms with E-state index in [2.05, 4.69) is 6.58 Å². The Hall–Kier alpha value is -0.310. The number of rotatable bonds is 7. The second-order valence-corrected chi connectivity index (χ2v) is 8.31. The number of methoxy groups -OCH3 is 1. The number of hydrogen-bond donors (Lipinski definition) is 0. The molecule has 0 bridgehead atoms. The second kappa shape index (κ2) is 7.20. The molecule has 0 amide bonds. The molecule has 0 fully saturated rings. The van der Waals surface area contributed by atoms with Crippen molar-refractivity contribution in [2.24, 2.45) is 5.92 Å². The molecule has 0 heterocycles. The van der Waals surface area contributed by atoms with E-state index in [-0.39, 0.29) is 5.92 Å². The van der Waals surface area contributed by atoms with Crippen LogP contribution in [0.5, 0.6) is 0 Å². The SMILES string of the molecule is C=CCN([C@H](CC(C)C)C(=O)OC)[P@](C)(=O)Cl. The topological polar surface area (TPSA) is 46.6 Å². The van der Waals surface area contributed by atoms with Crippen LogP contribution in [0.3, 0.4) is 0 Å². The average molecular weight is 282 g/mol. The van der Waals surface area contributed by atoms with Crippen LogP contribution < -0.4 is 0 Å². The molecule has 0 saturated heterocycles. The Balaban J connectivity index is 5.13. The van der Waals surface area contributed by atoms with Gasteiger partial charge >= 0.3 is 5.97 Å². The van der Waals surface area contributed by atoms with Gasteiger partial charge in [0, 0.05) is 13.2 Å². The molecule has 0 spiro atoms. The molecule has 2 atom stereocenters. The molecule has 0 unspecified atom stereocenters. The lowest BCUT2D eigenvalue weighted by Gasteiger charge is -2.31. The molecule has 0 rings (SSSR count). The summed E-state index contributed by atoms with van der Waals surface area (Å²) in [7, 11) is 1.32. The minimum Gasteiger partial charge on any atom is -0.468 e. The summed E-state index contributed by atoms with van der Waals surface area (Å²) in [5, 5.41) is 0. The van der Waals surface area contributed by atoms with Crippen molar-refractivity contribution in [1.29, 1.82) is 0 Å². The molecule has 0 aliphatic rings. The molecule has 4 nitrogen and oxygen atoms in total. The largest absolute Gasteiger partial charge is 0.468 e. The molecule has 0 aromatic heterocycles. The molecule has 0 aromatic carbocycles. The first-order chi connectivity index (χ1) is 7.73. The predicted octanol–water partition coefficient (Wildman–Crippen LogP) is 3.12. The maximum absolute atomic E-state index is 12.0. The van der Waals surface area contributed by atoms with Crippen LogP contribution in [0.2, 0.25) is 0 Å². The Labute approximate surface area is 108 Å². The van der Waals surface area contributed by atoms with Crippen LogP contribution >= 0.6 is 17.9 Å². The maximum atomic E-state index is 12.0. The molecule has 0 radical (unpaired) electrons. The highest BCUT2D eigenvalue weighted by Gasteiger charge is 2.35. The van der Waals surface area contributed by atoms with Gasteiger partial charge in [-0.2, -0.15) is 0 Å². The lowest BCUT2D eigenvalue weighted by molar-refractivity contribution is -0.145. The van der Waals surface area contributed by atoms with Crippen molar-refractivity contribution in [3.63, 3.8) is 0 Å². The van der Waals surface area contributed by atoms with Crippen LogP contribution in [-0.4, -0.2) is 37.0 Å². The molecule has 0 aliphatic heterocycles. The third-order valence-corrected chi connectivity index (χ3v) is 4.25. The van der Waals surface area contributed by atoms with Gasteiger partial charge < -0.3 is 4.74 Å². The number of ether oxygens (including phenoxy) is 1. The molecule has 0 saturated carbocycles. The van der Waals surface area contributed by atoms with Gasteiger partial charge in [0.05, 0.1) is 7.11 Å². The lowest BCUT2D eigenvalue weighted by atomic mass is 10.0. The van der Waals surface area contributed by atoms with Gasteiger partial charge in [0.1, 0.15) is 6.04 Å². The molecule has 0 aliphatic carbocycles. The molecule has 0 N–H and O–H groups in total. The Morgan fingerprint density at radius 2 is 2.12 bits per heavy atom. The monoisotopic (exact) mass is 281 g/mol. The molecule has 0 aromatic rings. The summed E-state index contributed by atoms with van der Waals surface area (Å²) in [6, 6.07) is -0.591. The highest BCUT2D eigenvalue weighted by atomic mass is 35.7. The molecule has 17 heavy (non-hydrogen) atoms. The number of carbonyl (C=O) groups is 1. The average Bonchev–Trinajstić information content (AvgIpc) is 2.20. The van der Waals surface area contributed by atoms with Crippen molar-refractivity contribution < 1.29 is 14.1 Å². The number of nitrogens with zero attached hydrogens (tertiary/aromatic N) is 1. The highest BCUT2D eigenvalue weighted by Crippen LogP contribution is 2.52. The van der Waals surface area contributed by atoms with E-state index < -0.39 is 18.7 Å². The van der Waals surface area contributed by atoms with Crippen LogP contribution in [0.1, 0.15) is 20.3 Å². The summed E-state index contributed by atoms with van der Waals surface area (Å²) in [5.41, 5.74) is 0. The first-order valence-electron chi connectivity index (χ1n) is 5.47. The Morgan fingerprint density at radius 3 is 2.41 bits per heavy atom. The van der Waals surface area contributed by atoms with Crippen LogP contribution in [0, 0.1) is 5.92 Å². The zero-order chi connectivity index (χ0) is 13.6. The van der Waals surface area contributed by atoms with Crippen molar-refractivity contribution in [3.05, 3.63) is 12.7 Å². The van der Waals surface area contributed by atoms with E-state index in [0.29, 0.717) is 13.0 Å². The van der Waals surface area contributed by atoms with Gasteiger partial charge in [-0.1, -0.05) is 19.9 Å². The van der Waals surface area contributed by atoms with Crippen molar-refractivity contribution in [1.82, 2.24) is 4.67 Å². The quantitative estimate of drug-likeness (QED) is 0.409. The normalized spacial score (nSPS) is 16.6. The van der Waals surface area contributed by atoms with Crippen molar-refractivity contribution in [2.45, 2.75) is 26.3 Å². The second-order valence-electron chi connectivity index (χ2n) is 4.36. The number of carbonyl (C=O) groups excluding carboxylic acids is 1. The van der Waals surface area contributed by atoms with E-state index in [0.717, 1.165) is 0 Å². The Kier molecular flexibility index (Phi) is 7.07. The van der Waals surface area contributed by atoms with Crippen molar-refractivity contribution in [3.8, 4) is 0 Å². The molecular weight excluding hydrogens is 261 g/mol. The first-order valence-corrected chi connectivity index (χ1v) is 8.48. The Bertz CT molecular complexity index is 314. The number of halogens is 1. The first kappa shape index (κ1) is 16.7. The van der Waals surface area contributed by atoms with Gasteiger partial charge in [-0.25, -0.2) is 4.67 Å². The lowest BCUT2D eigenvalue weighted by Crippen LogP contribution is -2.39. The minimum atomic E-state index is -3.04. The van der Waals surface area contributed by atoms with Crippen molar-refractivity contribution in [2.75, 3.05) is 20.3 Å². The summed E-state index contributed by atoms with van der Waals surface area (Å²) >= 11 is 5.88. The van der Waals surface area contributed by atoms with Crippen LogP contribution in [0.4, 0.5) is 0 Å². The summed E-state index contributed by atoms with van der Waals surface area (Å²) in [6.45, 7) is 6.24. The summed E-state index contributed by atoms with van der Waals surface area (Å²) in [4.78, 5) is 11.7. The molecule has 100 valence electrons. The van der Waals surface area contributed by atoms with Gasteiger partial charge in [0.2, 0.25) is 6.65 Å². The minimum absolute atomic E-state index is 0.273. The van der Waals surface area contributed by atoms with E-state index in [9.17, 15) is 9.36 Å². The molecule has 6 heteroatoms. The van der Waals surface area contributed by atoms with Gasteiger partial charge in [-0.3, -0.25) is 9.36 Å². The van der Waals surface area contributed by atoms with E-state index in [1.807, 2.05) is 13.8 Å². The van der Waals surface area contributed by atoms with E-state index in [1.54, 1.807) is 6.08 Å². The fourth-order valence-electron chi connectivity index (χ4n) is 1.58. The smallest absolute Gasteiger partial charge is 0.323 e. The predicted molar refractivity (Wildman–Crippen MR) is 71.5 cm³/mol. The third kappa shape index (κ3) is 5.71. The van der Waals surface area contributed by atoms with Crippen LogP contribution in [0.25, 0.3) is 0 Å². The zero-order valence-electron chi connectivity index (χ0n) is 10.9. The van der Waals surface area contributed by atoms with Crippen LogP contribution in [0.15, 0.2) is 12.7 Å². The highest BCUT2D eigenvalue weighted by molar-refractivity contribution is 7.86. The summed E-state index contributed by atoms with van der Waals surface area (Å²) < 4.78 is 18.2. The maximum Gasteiger partial charge on any atom is 0.323 e. The van der Waals surface area contributed by atoms with Gasteiger partial charge in [-0.15, -0.1) is 6.58 Å². The third-order valence-electron chi connectivity index (χ3n) is 2.30. The summed E-state index contributed by atoms with van der Waals surface area (Å²) in [5.74, 6) is -0.141. The Morgan fingerprint density at radius 1 is 1.59 bits per heavy atom. The van der Waals surface area contributed by atoms with Crippen LogP contribution in [-0.2, 0) is 14.1 Å². The zero-order valence-corrected chi connectivity index (χ0v) is 12.5. The van der Waals surface area contributed by atoms with Gasteiger partial charge in [-0.05, 0) is 23.6 Å². The number of esters is 1. The van der Waals surface area contributed by atoms with Crippen molar-refractivity contribution >= 4 is 23.9 Å². The standard InChI is InChI=1S/C11H21ClNO3P/c1-6-7-13(17(5,12)15)10(8-9(2)3)11(14)16-4/h6,9-10H,1,7-8H2,2-5H3/t10-,17-/m1/s1. The van der Waals surface area contributed by atoms with E-state index >= 15 is 0 Å². The van der Waals surface area contributed by atoms with E-state index in [4.69, 9.17) is 16.0 Å². The van der Waals surface area contributed by atoms with Gasteiger partial charge in [0.15, 0.2) is 0 Å². The molecular formula is C11H21ClNO3P. The number of hydrogen-bond acceptors (Lipinski definition) is 3.